The smallest absolute Gasteiger partial charge is 0.173 e. The van der Waals surface area contributed by atoms with Crippen LogP contribution < -0.4 is 9.47 Å². The van der Waals surface area contributed by atoms with E-state index < -0.39 is 5.82 Å². The van der Waals surface area contributed by atoms with Crippen LogP contribution in [0.3, 0.4) is 0 Å². The van der Waals surface area contributed by atoms with Crippen LogP contribution in [0, 0.1) is 5.82 Å². The Morgan fingerprint density at radius 3 is 2.59 bits per heavy atom. The minimum absolute atomic E-state index is 0.272. The highest BCUT2D eigenvalue weighted by Crippen LogP contribution is 2.32. The first-order valence-electron chi connectivity index (χ1n) is 6.73. The monoisotopic (exact) mass is 299 g/mol. The van der Waals surface area contributed by atoms with Gasteiger partial charge in [0.15, 0.2) is 5.76 Å². The summed E-state index contributed by atoms with van der Waals surface area (Å²) in [6.07, 6.45) is 1.47. The van der Waals surface area contributed by atoms with Gasteiger partial charge in [0.25, 0.3) is 0 Å². The van der Waals surface area contributed by atoms with Crippen LogP contribution in [0.2, 0.25) is 0 Å². The predicted molar refractivity (Wildman–Crippen MR) is 79.2 cm³/mol. The molecular weight excluding hydrogens is 285 g/mol. The molecule has 3 aromatic rings. The van der Waals surface area contributed by atoms with E-state index in [1.165, 1.54) is 12.3 Å². The van der Waals surface area contributed by atoms with E-state index in [4.69, 9.17) is 14.0 Å². The molecule has 0 amide bonds. The molecule has 112 valence electrons. The maximum Gasteiger partial charge on any atom is 0.173 e. The molecule has 0 aliphatic heterocycles. The molecule has 1 heterocycles. The highest BCUT2D eigenvalue weighted by Gasteiger charge is 2.15. The third-order valence-electron chi connectivity index (χ3n) is 3.21. The van der Waals surface area contributed by atoms with E-state index in [1.807, 2.05) is 24.3 Å². The maximum atomic E-state index is 14.1. The van der Waals surface area contributed by atoms with Crippen molar-refractivity contribution in [3.63, 3.8) is 0 Å². The number of benzene rings is 2. The van der Waals surface area contributed by atoms with Crippen LogP contribution in [0.15, 0.2) is 59.3 Å². The third-order valence-corrected chi connectivity index (χ3v) is 3.21. The van der Waals surface area contributed by atoms with Crippen molar-refractivity contribution < 1.29 is 18.4 Å². The van der Waals surface area contributed by atoms with Crippen LogP contribution in [0.1, 0.15) is 5.56 Å². The lowest BCUT2D eigenvalue weighted by Crippen LogP contribution is -1.98. The Kier molecular flexibility index (Phi) is 4.05. The lowest BCUT2D eigenvalue weighted by molar-refractivity contribution is 0.304. The molecule has 0 fully saturated rings. The van der Waals surface area contributed by atoms with Crippen LogP contribution in [0.25, 0.3) is 11.3 Å². The van der Waals surface area contributed by atoms with E-state index in [2.05, 4.69) is 5.16 Å². The molecule has 4 nitrogen and oxygen atoms in total. The second-order valence-corrected chi connectivity index (χ2v) is 4.63. The maximum absolute atomic E-state index is 14.1. The first-order chi connectivity index (χ1) is 10.8. The standard InChI is InChI=1S/C17H14FNO3/c1-20-13-7-5-12(6-8-13)11-21-15-4-2-3-14(18)17(15)16-9-10-19-22-16/h2-10H,11H2,1H3. The first-order valence-corrected chi connectivity index (χ1v) is 6.73. The Bertz CT molecular complexity index is 739. The minimum atomic E-state index is -0.413. The van der Waals surface area contributed by atoms with E-state index in [-0.39, 0.29) is 5.56 Å². The van der Waals surface area contributed by atoms with Crippen LogP contribution in [0.5, 0.6) is 11.5 Å². The number of rotatable bonds is 5. The number of ether oxygens (including phenoxy) is 2. The molecule has 2 aromatic carbocycles. The molecule has 0 bridgehead atoms. The zero-order valence-corrected chi connectivity index (χ0v) is 12.0. The highest BCUT2D eigenvalue weighted by molar-refractivity contribution is 5.66. The van der Waals surface area contributed by atoms with Gasteiger partial charge in [-0.15, -0.1) is 0 Å². The SMILES string of the molecule is COc1ccc(COc2cccc(F)c2-c2ccno2)cc1. The quantitative estimate of drug-likeness (QED) is 0.712. The highest BCUT2D eigenvalue weighted by atomic mass is 19.1. The number of hydrogen-bond donors (Lipinski definition) is 0. The van der Waals surface area contributed by atoms with Gasteiger partial charge in [-0.3, -0.25) is 0 Å². The van der Waals surface area contributed by atoms with Gasteiger partial charge in [-0.2, -0.15) is 0 Å². The van der Waals surface area contributed by atoms with E-state index in [9.17, 15) is 4.39 Å². The van der Waals surface area contributed by atoms with Gasteiger partial charge in [-0.25, -0.2) is 4.39 Å². The Hall–Kier alpha value is -2.82. The summed E-state index contributed by atoms with van der Waals surface area (Å²) >= 11 is 0. The summed E-state index contributed by atoms with van der Waals surface area (Å²) < 4.78 is 29.9. The van der Waals surface area contributed by atoms with Gasteiger partial charge in [-0.05, 0) is 29.8 Å². The normalized spacial score (nSPS) is 10.5. The summed E-state index contributed by atoms with van der Waals surface area (Å²) in [6, 6.07) is 13.7. The second-order valence-electron chi connectivity index (χ2n) is 4.63. The molecule has 0 N–H and O–H groups in total. The molecule has 1 aromatic heterocycles. The number of halogens is 1. The van der Waals surface area contributed by atoms with Crippen molar-refractivity contribution in [2.45, 2.75) is 6.61 Å². The summed E-state index contributed by atoms with van der Waals surface area (Å²) in [6.45, 7) is 0.314. The molecule has 0 radical (unpaired) electrons. The predicted octanol–water partition coefficient (Wildman–Crippen LogP) is 4.07. The molecule has 5 heteroatoms. The molecule has 22 heavy (non-hydrogen) atoms. The van der Waals surface area contributed by atoms with Gasteiger partial charge in [0.05, 0.1) is 18.9 Å². The van der Waals surface area contributed by atoms with Gasteiger partial charge in [-0.1, -0.05) is 23.4 Å². The van der Waals surface area contributed by atoms with Crippen molar-refractivity contribution in [3.8, 4) is 22.8 Å². The molecule has 0 aliphatic rings. The molecule has 3 rings (SSSR count). The van der Waals surface area contributed by atoms with Crippen molar-refractivity contribution in [1.29, 1.82) is 0 Å². The Balaban J connectivity index is 1.82. The van der Waals surface area contributed by atoms with Crippen LogP contribution in [-0.2, 0) is 6.61 Å². The zero-order valence-electron chi connectivity index (χ0n) is 12.0. The van der Waals surface area contributed by atoms with Crippen LogP contribution in [-0.4, -0.2) is 12.3 Å². The average Bonchev–Trinajstić information content (AvgIpc) is 3.07. The Morgan fingerprint density at radius 2 is 1.91 bits per heavy atom. The Morgan fingerprint density at radius 1 is 1.09 bits per heavy atom. The van der Waals surface area contributed by atoms with Crippen molar-refractivity contribution in [3.05, 3.63) is 66.1 Å². The summed E-state index contributed by atoms with van der Waals surface area (Å²) in [5.74, 6) is 1.11. The molecule has 0 atom stereocenters. The molecule has 0 aliphatic carbocycles. The first kappa shape index (κ1) is 14.1. The van der Waals surface area contributed by atoms with Crippen LogP contribution in [0.4, 0.5) is 4.39 Å². The zero-order chi connectivity index (χ0) is 15.4. The van der Waals surface area contributed by atoms with Crippen molar-refractivity contribution in [2.75, 3.05) is 7.11 Å². The van der Waals surface area contributed by atoms with E-state index >= 15 is 0 Å². The topological polar surface area (TPSA) is 44.5 Å². The summed E-state index contributed by atoms with van der Waals surface area (Å²) in [7, 11) is 1.61. The molecule has 0 saturated heterocycles. The van der Waals surface area contributed by atoms with Gasteiger partial charge >= 0.3 is 0 Å². The number of methoxy groups -OCH3 is 1. The van der Waals surface area contributed by atoms with Crippen molar-refractivity contribution in [1.82, 2.24) is 5.16 Å². The number of aromatic nitrogens is 1. The minimum Gasteiger partial charge on any atom is -0.497 e. The summed E-state index contributed by atoms with van der Waals surface area (Å²) in [5, 5.41) is 3.61. The largest absolute Gasteiger partial charge is 0.497 e. The molecule has 0 saturated carbocycles. The lowest BCUT2D eigenvalue weighted by Gasteiger charge is -2.11. The molecule has 0 spiro atoms. The second kappa shape index (κ2) is 6.30. The van der Waals surface area contributed by atoms with E-state index in [1.54, 1.807) is 25.3 Å². The van der Waals surface area contributed by atoms with Crippen LogP contribution >= 0.6 is 0 Å². The van der Waals surface area contributed by atoms with E-state index in [0.717, 1.165) is 11.3 Å². The number of nitrogens with zero attached hydrogens (tertiary/aromatic N) is 1. The molecular formula is C17H14FNO3. The fourth-order valence-corrected chi connectivity index (χ4v) is 2.09. The molecule has 0 unspecified atom stereocenters. The van der Waals surface area contributed by atoms with Crippen molar-refractivity contribution in [2.24, 2.45) is 0 Å². The summed E-state index contributed by atoms with van der Waals surface area (Å²) in [4.78, 5) is 0. The Labute approximate surface area is 127 Å². The fourth-order valence-electron chi connectivity index (χ4n) is 2.09. The average molecular weight is 299 g/mol. The van der Waals surface area contributed by atoms with Gasteiger partial charge in [0.1, 0.15) is 23.9 Å². The van der Waals surface area contributed by atoms with Crippen molar-refractivity contribution >= 4 is 0 Å². The third kappa shape index (κ3) is 2.93. The number of hydrogen-bond acceptors (Lipinski definition) is 4. The van der Waals surface area contributed by atoms with Gasteiger partial charge < -0.3 is 14.0 Å². The van der Waals surface area contributed by atoms with Gasteiger partial charge in [0.2, 0.25) is 0 Å². The van der Waals surface area contributed by atoms with Gasteiger partial charge in [0, 0.05) is 6.07 Å². The lowest BCUT2D eigenvalue weighted by atomic mass is 10.1. The fraction of sp³-hybridized carbons (Fsp3) is 0.118. The summed E-state index contributed by atoms with van der Waals surface area (Å²) in [5.41, 5.74) is 1.22. The van der Waals surface area contributed by atoms with E-state index in [0.29, 0.717) is 18.1 Å².